The van der Waals surface area contributed by atoms with Crippen molar-refractivity contribution in [3.63, 3.8) is 0 Å². The number of hydrogen-bond acceptors (Lipinski definition) is 5. The number of nitrogens with one attached hydrogen (secondary N) is 2. The van der Waals surface area contributed by atoms with Crippen LogP contribution in [-0.4, -0.2) is 36.7 Å². The Morgan fingerprint density at radius 1 is 1.63 bits per heavy atom. The van der Waals surface area contributed by atoms with E-state index >= 15 is 0 Å². The first kappa shape index (κ1) is 14.4. The fraction of sp³-hybridized carbons (Fsp3) is 0.692. The van der Waals surface area contributed by atoms with Crippen LogP contribution in [0.25, 0.3) is 0 Å². The number of nitrogens with zero attached hydrogens (tertiary/aromatic N) is 1. The monoisotopic (exact) mass is 283 g/mol. The first-order valence-corrected chi connectivity index (χ1v) is 7.61. The van der Waals surface area contributed by atoms with Gasteiger partial charge in [0.05, 0.1) is 25.2 Å². The molecule has 1 fully saturated rings. The average molecular weight is 283 g/mol. The second kappa shape index (κ2) is 6.98. The lowest BCUT2D eigenvalue weighted by Gasteiger charge is -2.20. The molecule has 3 atom stereocenters. The fourth-order valence-corrected chi connectivity index (χ4v) is 2.82. The van der Waals surface area contributed by atoms with E-state index in [0.717, 1.165) is 18.0 Å². The number of aromatic nitrogens is 1. The molecule has 1 amide bonds. The van der Waals surface area contributed by atoms with Crippen molar-refractivity contribution in [3.8, 4) is 0 Å². The molecule has 0 radical (unpaired) electrons. The number of ether oxygens (including phenoxy) is 1. The number of thiazole rings is 1. The molecule has 1 aromatic rings. The van der Waals surface area contributed by atoms with Crippen LogP contribution in [0.1, 0.15) is 31.3 Å². The molecule has 5 nitrogen and oxygen atoms in total. The largest absolute Gasteiger partial charge is 0.379 e. The first-order chi connectivity index (χ1) is 9.22. The standard InChI is InChI=1S/C13H21N3O2S/c1-3-4-14-11-8-18-7-10(11)12(17)16-9(2)13-15-5-6-19-13/h5-6,9-11,14H,3-4,7-8H2,1-2H3,(H,16,17). The van der Waals surface area contributed by atoms with Gasteiger partial charge in [0.1, 0.15) is 5.01 Å². The van der Waals surface area contributed by atoms with E-state index < -0.39 is 0 Å². The zero-order valence-corrected chi connectivity index (χ0v) is 12.2. The molecule has 3 unspecified atom stereocenters. The summed E-state index contributed by atoms with van der Waals surface area (Å²) >= 11 is 1.56. The molecule has 106 valence electrons. The van der Waals surface area contributed by atoms with Crippen LogP contribution in [0.15, 0.2) is 11.6 Å². The third-order valence-electron chi connectivity index (χ3n) is 3.25. The van der Waals surface area contributed by atoms with E-state index in [9.17, 15) is 4.79 Å². The molecule has 2 rings (SSSR count). The van der Waals surface area contributed by atoms with E-state index in [2.05, 4.69) is 22.5 Å². The minimum Gasteiger partial charge on any atom is -0.379 e. The molecule has 0 spiro atoms. The van der Waals surface area contributed by atoms with E-state index in [1.165, 1.54) is 0 Å². The van der Waals surface area contributed by atoms with Gasteiger partial charge in [0, 0.05) is 17.6 Å². The molecule has 0 bridgehead atoms. The van der Waals surface area contributed by atoms with Gasteiger partial charge in [0.15, 0.2) is 0 Å². The van der Waals surface area contributed by atoms with Gasteiger partial charge in [-0.2, -0.15) is 0 Å². The molecule has 0 aliphatic carbocycles. The van der Waals surface area contributed by atoms with Crippen molar-refractivity contribution >= 4 is 17.2 Å². The lowest BCUT2D eigenvalue weighted by atomic mass is 10.0. The van der Waals surface area contributed by atoms with Crippen LogP contribution in [0.2, 0.25) is 0 Å². The van der Waals surface area contributed by atoms with Gasteiger partial charge in [-0.25, -0.2) is 4.98 Å². The Hall–Kier alpha value is -0.980. The quantitative estimate of drug-likeness (QED) is 0.827. The highest BCUT2D eigenvalue weighted by atomic mass is 32.1. The summed E-state index contributed by atoms with van der Waals surface area (Å²) < 4.78 is 5.42. The van der Waals surface area contributed by atoms with Crippen LogP contribution in [0, 0.1) is 5.92 Å². The maximum absolute atomic E-state index is 12.3. The molecular formula is C13H21N3O2S. The molecular weight excluding hydrogens is 262 g/mol. The number of amides is 1. The maximum Gasteiger partial charge on any atom is 0.227 e. The summed E-state index contributed by atoms with van der Waals surface area (Å²) in [6.45, 7) is 6.10. The first-order valence-electron chi connectivity index (χ1n) is 6.73. The third-order valence-corrected chi connectivity index (χ3v) is 4.21. The maximum atomic E-state index is 12.3. The Bertz CT molecular complexity index is 397. The van der Waals surface area contributed by atoms with Crippen molar-refractivity contribution in [1.82, 2.24) is 15.6 Å². The highest BCUT2D eigenvalue weighted by Gasteiger charge is 2.34. The zero-order valence-electron chi connectivity index (χ0n) is 11.4. The molecule has 0 saturated carbocycles. The van der Waals surface area contributed by atoms with Crippen LogP contribution >= 0.6 is 11.3 Å². The van der Waals surface area contributed by atoms with Crippen molar-refractivity contribution in [2.24, 2.45) is 5.92 Å². The van der Waals surface area contributed by atoms with Crippen molar-refractivity contribution in [2.45, 2.75) is 32.4 Å². The van der Waals surface area contributed by atoms with E-state index in [0.29, 0.717) is 13.2 Å². The van der Waals surface area contributed by atoms with Gasteiger partial charge in [-0.05, 0) is 19.9 Å². The van der Waals surface area contributed by atoms with Crippen LogP contribution in [0.5, 0.6) is 0 Å². The molecule has 6 heteroatoms. The summed E-state index contributed by atoms with van der Waals surface area (Å²) in [5.74, 6) is -0.0530. The Balaban J connectivity index is 1.88. The van der Waals surface area contributed by atoms with Crippen molar-refractivity contribution in [2.75, 3.05) is 19.8 Å². The van der Waals surface area contributed by atoms with Crippen molar-refractivity contribution in [1.29, 1.82) is 0 Å². The van der Waals surface area contributed by atoms with Gasteiger partial charge >= 0.3 is 0 Å². The van der Waals surface area contributed by atoms with E-state index in [1.807, 2.05) is 12.3 Å². The van der Waals surface area contributed by atoms with Gasteiger partial charge < -0.3 is 15.4 Å². The van der Waals surface area contributed by atoms with Gasteiger partial charge in [-0.1, -0.05) is 6.92 Å². The van der Waals surface area contributed by atoms with Crippen LogP contribution in [0.4, 0.5) is 0 Å². The zero-order chi connectivity index (χ0) is 13.7. The van der Waals surface area contributed by atoms with E-state index in [1.54, 1.807) is 17.5 Å². The molecule has 2 N–H and O–H groups in total. The lowest BCUT2D eigenvalue weighted by molar-refractivity contribution is -0.126. The minimum atomic E-state index is -0.103. The molecule has 1 aliphatic heterocycles. The molecule has 19 heavy (non-hydrogen) atoms. The van der Waals surface area contributed by atoms with Gasteiger partial charge in [0.2, 0.25) is 5.91 Å². The topological polar surface area (TPSA) is 63.2 Å². The summed E-state index contributed by atoms with van der Waals surface area (Å²) in [4.78, 5) is 16.5. The summed E-state index contributed by atoms with van der Waals surface area (Å²) in [5, 5.41) is 9.25. The Morgan fingerprint density at radius 2 is 2.47 bits per heavy atom. The predicted molar refractivity (Wildman–Crippen MR) is 75.1 cm³/mol. The molecule has 2 heterocycles. The molecule has 1 aromatic heterocycles. The summed E-state index contributed by atoms with van der Waals surface area (Å²) in [6, 6.07) is 0.0865. The fourth-order valence-electron chi connectivity index (χ4n) is 2.17. The van der Waals surface area contributed by atoms with Gasteiger partial charge in [-0.15, -0.1) is 11.3 Å². The number of rotatable bonds is 6. The Kier molecular flexibility index (Phi) is 5.30. The van der Waals surface area contributed by atoms with Crippen molar-refractivity contribution < 1.29 is 9.53 Å². The summed E-state index contributed by atoms with van der Waals surface area (Å²) in [7, 11) is 0. The summed E-state index contributed by atoms with van der Waals surface area (Å²) in [5.41, 5.74) is 0. The molecule has 1 saturated heterocycles. The second-order valence-electron chi connectivity index (χ2n) is 4.81. The second-order valence-corrected chi connectivity index (χ2v) is 5.73. The predicted octanol–water partition coefficient (Wildman–Crippen LogP) is 1.33. The molecule has 0 aromatic carbocycles. The summed E-state index contributed by atoms with van der Waals surface area (Å²) in [6.07, 6.45) is 2.81. The van der Waals surface area contributed by atoms with Crippen LogP contribution in [0.3, 0.4) is 0 Å². The SMILES string of the molecule is CCCNC1COCC1C(=O)NC(C)c1nccs1. The van der Waals surface area contributed by atoms with Crippen LogP contribution in [-0.2, 0) is 9.53 Å². The normalized spacial score (nSPS) is 24.3. The lowest BCUT2D eigenvalue weighted by Crippen LogP contribution is -2.44. The number of hydrogen-bond donors (Lipinski definition) is 2. The number of carbonyl (C=O) groups excluding carboxylic acids is 1. The van der Waals surface area contributed by atoms with Crippen LogP contribution < -0.4 is 10.6 Å². The Labute approximate surface area is 117 Å². The third kappa shape index (κ3) is 3.75. The Morgan fingerprint density at radius 3 is 3.16 bits per heavy atom. The van der Waals surface area contributed by atoms with Gasteiger partial charge in [-0.3, -0.25) is 4.79 Å². The minimum absolute atomic E-state index is 0.0417. The molecule has 1 aliphatic rings. The van der Waals surface area contributed by atoms with Crippen molar-refractivity contribution in [3.05, 3.63) is 16.6 Å². The highest BCUT2D eigenvalue weighted by Crippen LogP contribution is 2.18. The van der Waals surface area contributed by atoms with E-state index in [-0.39, 0.29) is 23.9 Å². The van der Waals surface area contributed by atoms with Gasteiger partial charge in [0.25, 0.3) is 0 Å². The number of carbonyl (C=O) groups is 1. The van der Waals surface area contributed by atoms with E-state index in [4.69, 9.17) is 4.74 Å². The average Bonchev–Trinajstić information content (AvgIpc) is 3.07. The highest BCUT2D eigenvalue weighted by molar-refractivity contribution is 7.09. The smallest absolute Gasteiger partial charge is 0.227 e.